The molecule has 10 heavy (non-hydrogen) atoms. The van der Waals surface area contributed by atoms with Crippen LogP contribution < -0.4 is 5.73 Å². The van der Waals surface area contributed by atoms with Gasteiger partial charge < -0.3 is 5.73 Å². The molecule has 58 valence electrons. The summed E-state index contributed by atoms with van der Waals surface area (Å²) in [4.78, 5) is 10.9. The molecular formula is C7H13NOS. The molecule has 0 amide bonds. The van der Waals surface area contributed by atoms with Crippen LogP contribution in [0.2, 0.25) is 0 Å². The van der Waals surface area contributed by atoms with Crippen LogP contribution in [0.15, 0.2) is 0 Å². The normalized spacial score (nSPS) is 33.8. The first-order valence-electron chi connectivity index (χ1n) is 3.55. The molecule has 2 unspecified atom stereocenters. The summed E-state index contributed by atoms with van der Waals surface area (Å²) in [6.45, 7) is 4.23. The van der Waals surface area contributed by atoms with Crippen molar-refractivity contribution in [2.24, 2.45) is 17.6 Å². The largest absolute Gasteiger partial charge is 0.320 e. The molecule has 1 heterocycles. The van der Waals surface area contributed by atoms with Gasteiger partial charge in [-0.1, -0.05) is 25.6 Å². The van der Waals surface area contributed by atoms with Crippen LogP contribution in [0, 0.1) is 11.8 Å². The minimum atomic E-state index is -0.204. The third-order valence-electron chi connectivity index (χ3n) is 2.01. The molecule has 1 rings (SSSR count). The van der Waals surface area contributed by atoms with E-state index in [4.69, 9.17) is 5.73 Å². The summed E-state index contributed by atoms with van der Waals surface area (Å²) in [6.07, 6.45) is 0. The van der Waals surface area contributed by atoms with E-state index in [-0.39, 0.29) is 11.2 Å². The van der Waals surface area contributed by atoms with E-state index < -0.39 is 0 Å². The second-order valence-electron chi connectivity index (χ2n) is 3.06. The quantitative estimate of drug-likeness (QED) is 0.617. The van der Waals surface area contributed by atoms with Crippen molar-refractivity contribution in [3.63, 3.8) is 0 Å². The molecule has 0 aromatic rings. The summed E-state index contributed by atoms with van der Waals surface area (Å²) in [5, 5.41) is 0.165. The molecule has 0 bridgehead atoms. The van der Waals surface area contributed by atoms with Crippen LogP contribution in [0.5, 0.6) is 0 Å². The summed E-state index contributed by atoms with van der Waals surface area (Å²) in [6, 6.07) is -0.204. The number of hydrogen-bond donors (Lipinski definition) is 1. The summed E-state index contributed by atoms with van der Waals surface area (Å²) >= 11 is 1.38. The van der Waals surface area contributed by atoms with E-state index in [1.54, 1.807) is 0 Å². The first kappa shape index (κ1) is 8.08. The number of carbonyl (C=O) groups excluding carboxylic acids is 1. The lowest BCUT2D eigenvalue weighted by atomic mass is 9.92. The maximum absolute atomic E-state index is 10.9. The second-order valence-corrected chi connectivity index (χ2v) is 4.09. The van der Waals surface area contributed by atoms with E-state index in [1.807, 2.05) is 0 Å². The molecule has 1 aliphatic rings. The van der Waals surface area contributed by atoms with E-state index in [2.05, 4.69) is 13.8 Å². The third-order valence-corrected chi connectivity index (χ3v) is 3.12. The summed E-state index contributed by atoms with van der Waals surface area (Å²) in [7, 11) is 0. The van der Waals surface area contributed by atoms with Crippen molar-refractivity contribution in [3.05, 3.63) is 0 Å². The smallest absolute Gasteiger partial charge is 0.205 e. The lowest BCUT2D eigenvalue weighted by Gasteiger charge is -2.16. The Morgan fingerprint density at radius 1 is 1.70 bits per heavy atom. The number of nitrogens with two attached hydrogens (primary N) is 1. The predicted octanol–water partition coefficient (Wildman–Crippen LogP) is 0.859. The molecule has 3 heteroatoms. The fourth-order valence-electron chi connectivity index (χ4n) is 1.16. The van der Waals surface area contributed by atoms with Gasteiger partial charge >= 0.3 is 0 Å². The zero-order valence-electron chi connectivity index (χ0n) is 6.33. The maximum atomic E-state index is 10.9. The molecule has 0 aromatic heterocycles. The zero-order valence-corrected chi connectivity index (χ0v) is 7.15. The monoisotopic (exact) mass is 159 g/mol. The van der Waals surface area contributed by atoms with E-state index in [1.165, 1.54) is 11.8 Å². The van der Waals surface area contributed by atoms with Crippen LogP contribution in [-0.4, -0.2) is 16.9 Å². The van der Waals surface area contributed by atoms with Gasteiger partial charge in [0.25, 0.3) is 0 Å². The Kier molecular flexibility index (Phi) is 2.36. The van der Waals surface area contributed by atoms with Crippen molar-refractivity contribution in [1.82, 2.24) is 0 Å². The van der Waals surface area contributed by atoms with Crippen molar-refractivity contribution in [3.8, 4) is 0 Å². The van der Waals surface area contributed by atoms with Crippen LogP contribution in [-0.2, 0) is 4.79 Å². The highest BCUT2D eigenvalue weighted by molar-refractivity contribution is 8.14. The highest BCUT2D eigenvalue weighted by Gasteiger charge is 2.33. The standard InChI is InChI=1S/C7H13NOS/c1-4(2)5-3-10-7(9)6(5)8/h4-6H,3,8H2,1-2H3. The molecule has 0 saturated carbocycles. The van der Waals surface area contributed by atoms with Gasteiger partial charge in [0.05, 0.1) is 6.04 Å². The highest BCUT2D eigenvalue weighted by Crippen LogP contribution is 2.29. The van der Waals surface area contributed by atoms with Crippen molar-refractivity contribution >= 4 is 16.9 Å². The number of carbonyl (C=O) groups is 1. The van der Waals surface area contributed by atoms with Gasteiger partial charge in [0.2, 0.25) is 5.12 Å². The molecule has 2 nitrogen and oxygen atoms in total. The van der Waals surface area contributed by atoms with Gasteiger partial charge in [0, 0.05) is 5.75 Å². The van der Waals surface area contributed by atoms with Crippen LogP contribution in [0.1, 0.15) is 13.8 Å². The van der Waals surface area contributed by atoms with Gasteiger partial charge in [-0.15, -0.1) is 0 Å². The van der Waals surface area contributed by atoms with E-state index >= 15 is 0 Å². The minimum absolute atomic E-state index is 0.165. The van der Waals surface area contributed by atoms with Crippen molar-refractivity contribution < 1.29 is 4.79 Å². The lowest BCUT2D eigenvalue weighted by Crippen LogP contribution is -2.34. The van der Waals surface area contributed by atoms with Crippen LogP contribution in [0.25, 0.3) is 0 Å². The first-order chi connectivity index (χ1) is 4.63. The number of thioether (sulfide) groups is 1. The molecule has 1 saturated heterocycles. The predicted molar refractivity (Wildman–Crippen MR) is 43.8 cm³/mol. The van der Waals surface area contributed by atoms with E-state index in [0.717, 1.165) is 5.75 Å². The number of hydrogen-bond acceptors (Lipinski definition) is 3. The first-order valence-corrected chi connectivity index (χ1v) is 4.53. The molecule has 0 aromatic carbocycles. The second kappa shape index (κ2) is 2.93. The van der Waals surface area contributed by atoms with Crippen LogP contribution >= 0.6 is 11.8 Å². The van der Waals surface area contributed by atoms with Gasteiger partial charge in [0.15, 0.2) is 0 Å². The van der Waals surface area contributed by atoms with Gasteiger partial charge in [-0.25, -0.2) is 0 Å². The Hall–Kier alpha value is -0.0200. The van der Waals surface area contributed by atoms with Crippen molar-refractivity contribution in [2.75, 3.05) is 5.75 Å². The molecule has 1 aliphatic heterocycles. The molecular weight excluding hydrogens is 146 g/mol. The summed E-state index contributed by atoms with van der Waals surface area (Å²) in [5.41, 5.74) is 5.65. The molecule has 2 N–H and O–H groups in total. The van der Waals surface area contributed by atoms with Crippen molar-refractivity contribution in [2.45, 2.75) is 19.9 Å². The molecule has 0 aliphatic carbocycles. The van der Waals surface area contributed by atoms with Gasteiger partial charge in [-0.3, -0.25) is 4.79 Å². The Labute approximate surface area is 65.5 Å². The average molecular weight is 159 g/mol. The Morgan fingerprint density at radius 3 is 2.50 bits per heavy atom. The van der Waals surface area contributed by atoms with Crippen LogP contribution in [0.4, 0.5) is 0 Å². The lowest BCUT2D eigenvalue weighted by molar-refractivity contribution is -0.112. The Balaban J connectivity index is 2.57. The maximum Gasteiger partial charge on any atom is 0.205 e. The SMILES string of the molecule is CC(C)C1CSC(=O)C1N. The molecule has 1 fully saturated rings. The average Bonchev–Trinajstić information content (AvgIpc) is 2.14. The third kappa shape index (κ3) is 1.35. The molecule has 0 spiro atoms. The Bertz CT molecular complexity index is 147. The van der Waals surface area contributed by atoms with Crippen molar-refractivity contribution in [1.29, 1.82) is 0 Å². The number of rotatable bonds is 1. The van der Waals surface area contributed by atoms with E-state index in [9.17, 15) is 4.79 Å². The van der Waals surface area contributed by atoms with Gasteiger partial charge in [-0.2, -0.15) is 0 Å². The molecule has 2 atom stereocenters. The van der Waals surface area contributed by atoms with Gasteiger partial charge in [0.1, 0.15) is 0 Å². The summed E-state index contributed by atoms with van der Waals surface area (Å²) < 4.78 is 0. The fourth-order valence-corrected chi connectivity index (χ4v) is 2.48. The van der Waals surface area contributed by atoms with E-state index in [0.29, 0.717) is 11.8 Å². The van der Waals surface area contributed by atoms with Crippen LogP contribution in [0.3, 0.4) is 0 Å². The minimum Gasteiger partial charge on any atom is -0.320 e. The fraction of sp³-hybridized carbons (Fsp3) is 0.857. The summed E-state index contributed by atoms with van der Waals surface area (Å²) in [5.74, 6) is 1.85. The Morgan fingerprint density at radius 2 is 2.30 bits per heavy atom. The zero-order chi connectivity index (χ0) is 7.72. The van der Waals surface area contributed by atoms with Gasteiger partial charge in [-0.05, 0) is 11.8 Å². The highest BCUT2D eigenvalue weighted by atomic mass is 32.2. The molecule has 0 radical (unpaired) electrons. The topological polar surface area (TPSA) is 43.1 Å².